The Morgan fingerprint density at radius 3 is 1.80 bits per heavy atom. The molecule has 0 N–H and O–H groups in total. The fourth-order valence-corrected chi connectivity index (χ4v) is 6.99. The Bertz CT molecular complexity index is 3050. The summed E-state index contributed by atoms with van der Waals surface area (Å²) in [7, 11) is 0. The van der Waals surface area contributed by atoms with Gasteiger partial charge in [0.25, 0.3) is 0 Å². The van der Waals surface area contributed by atoms with E-state index in [1.54, 1.807) is 4.57 Å². The SMILES string of the molecule is [2H]c1c([2H])c([2H])c2c(c1[2H])c1nc(-n3c4ccccc4c4ccccc43)c([2H])c([2H])c1n2-c1cccc2c1c1ccccc1n2-c1ccccc1. The van der Waals surface area contributed by atoms with Crippen molar-refractivity contribution in [2.24, 2.45) is 0 Å². The molecule has 4 heteroatoms. The molecule has 4 heterocycles. The van der Waals surface area contributed by atoms with Crippen LogP contribution in [0.15, 0.2) is 158 Å². The molecule has 0 aliphatic rings. The van der Waals surface area contributed by atoms with Crippen LogP contribution in [-0.4, -0.2) is 18.7 Å². The molecule has 4 aromatic heterocycles. The summed E-state index contributed by atoms with van der Waals surface area (Å²) in [5.41, 5.74) is 5.79. The minimum absolute atomic E-state index is 0.118. The summed E-state index contributed by atoms with van der Waals surface area (Å²) in [4.78, 5) is 5.10. The fraction of sp³-hybridized carbons (Fsp3) is 0. The van der Waals surface area contributed by atoms with E-state index in [9.17, 15) is 4.11 Å². The van der Waals surface area contributed by atoms with Gasteiger partial charge in [-0.25, -0.2) is 4.98 Å². The van der Waals surface area contributed by atoms with Crippen molar-refractivity contribution in [2.45, 2.75) is 0 Å². The van der Waals surface area contributed by atoms with E-state index < -0.39 is 0 Å². The molecule has 0 saturated carbocycles. The van der Waals surface area contributed by atoms with Crippen molar-refractivity contribution in [2.75, 3.05) is 0 Å². The lowest BCUT2D eigenvalue weighted by Gasteiger charge is -2.12. The van der Waals surface area contributed by atoms with E-state index in [4.69, 9.17) is 9.10 Å². The number of hydrogen-bond acceptors (Lipinski definition) is 1. The highest BCUT2D eigenvalue weighted by Crippen LogP contribution is 2.40. The molecule has 6 aromatic carbocycles. The Kier molecular flexibility index (Phi) is 3.92. The van der Waals surface area contributed by atoms with Crippen LogP contribution in [0.3, 0.4) is 0 Å². The Hall–Kier alpha value is -6.13. The van der Waals surface area contributed by atoms with Gasteiger partial charge in [-0.05, 0) is 60.6 Å². The smallest absolute Gasteiger partial charge is 0.138 e. The lowest BCUT2D eigenvalue weighted by atomic mass is 10.1. The van der Waals surface area contributed by atoms with E-state index in [-0.39, 0.29) is 64.0 Å². The topological polar surface area (TPSA) is 27.7 Å². The maximum atomic E-state index is 9.65. The van der Waals surface area contributed by atoms with Crippen molar-refractivity contribution >= 4 is 65.5 Å². The molecule has 210 valence electrons. The number of rotatable bonds is 3. The predicted molar refractivity (Wildman–Crippen MR) is 187 cm³/mol. The van der Waals surface area contributed by atoms with Crippen LogP contribution < -0.4 is 0 Å². The highest BCUT2D eigenvalue weighted by atomic mass is 15.1. The average Bonchev–Trinajstić information content (AvgIpc) is 3.81. The second-order valence-corrected chi connectivity index (χ2v) is 11.2. The molecule has 0 spiro atoms. The Morgan fingerprint density at radius 2 is 1.04 bits per heavy atom. The van der Waals surface area contributed by atoms with Crippen LogP contribution in [0.25, 0.3) is 82.7 Å². The van der Waals surface area contributed by atoms with Crippen molar-refractivity contribution < 1.29 is 8.22 Å². The largest absolute Gasteiger partial charge is 0.309 e. The Balaban J connectivity index is 1.41. The van der Waals surface area contributed by atoms with Gasteiger partial charge in [0.05, 0.1) is 52.5 Å². The molecule has 0 unspecified atom stereocenters. The van der Waals surface area contributed by atoms with Crippen molar-refractivity contribution in [3.05, 3.63) is 158 Å². The first kappa shape index (κ1) is 19.2. The minimum atomic E-state index is -0.382. The third kappa shape index (κ3) is 3.34. The average molecular weight is 581 g/mol. The molecule has 0 atom stereocenters. The summed E-state index contributed by atoms with van der Waals surface area (Å²) >= 11 is 0. The third-order valence-electron chi connectivity index (χ3n) is 8.81. The number of fused-ring (bicyclic) bond motifs is 9. The van der Waals surface area contributed by atoms with Gasteiger partial charge in [0.1, 0.15) is 5.82 Å². The predicted octanol–water partition coefficient (Wildman–Crippen LogP) is 10.4. The van der Waals surface area contributed by atoms with Gasteiger partial charge in [0.2, 0.25) is 0 Å². The molecular weight excluding hydrogens is 548 g/mol. The van der Waals surface area contributed by atoms with E-state index >= 15 is 0 Å². The zero-order valence-electron chi connectivity index (χ0n) is 29.8. The molecule has 0 aliphatic heterocycles. The first-order chi connectivity index (χ1) is 24.9. The molecule has 0 amide bonds. The second-order valence-electron chi connectivity index (χ2n) is 11.2. The van der Waals surface area contributed by atoms with E-state index in [0.29, 0.717) is 5.69 Å². The molecule has 0 aliphatic carbocycles. The van der Waals surface area contributed by atoms with Crippen molar-refractivity contribution in [1.29, 1.82) is 0 Å². The third-order valence-corrected chi connectivity index (χ3v) is 8.81. The van der Waals surface area contributed by atoms with Gasteiger partial charge in [0.15, 0.2) is 0 Å². The van der Waals surface area contributed by atoms with Crippen LogP contribution in [0, 0.1) is 0 Å². The van der Waals surface area contributed by atoms with Crippen LogP contribution in [0.1, 0.15) is 8.22 Å². The van der Waals surface area contributed by atoms with Gasteiger partial charge in [0, 0.05) is 32.6 Å². The number of aromatic nitrogens is 4. The summed E-state index contributed by atoms with van der Waals surface area (Å²) < 4.78 is 60.7. The number of hydrogen-bond donors (Lipinski definition) is 0. The number of para-hydroxylation sites is 5. The minimum Gasteiger partial charge on any atom is -0.309 e. The van der Waals surface area contributed by atoms with Crippen LogP contribution in [0.2, 0.25) is 0 Å². The first-order valence-corrected chi connectivity index (χ1v) is 14.8. The maximum Gasteiger partial charge on any atom is 0.138 e. The Labute approximate surface area is 267 Å². The van der Waals surface area contributed by atoms with Crippen LogP contribution >= 0.6 is 0 Å². The highest BCUT2D eigenvalue weighted by molar-refractivity contribution is 6.16. The number of benzene rings is 6. The standard InChI is InChI=1S/C41H26N4/c1-2-13-27(14-3-1)43-34-21-10-6-17-30(34)40-36(43)23-12-24-37(40)44-35-22-11-7-18-31(35)41-38(44)25-26-39(42-41)45-32-19-8-4-15-28(32)29-16-5-9-20-33(29)45/h1-26H/i7D,11D,18D,22D,25D,26D. The van der Waals surface area contributed by atoms with E-state index in [0.717, 1.165) is 49.3 Å². The number of pyridine rings is 1. The Morgan fingerprint density at radius 1 is 0.422 bits per heavy atom. The number of nitrogens with zero attached hydrogens (tertiary/aromatic N) is 4. The zero-order valence-corrected chi connectivity index (χ0v) is 23.8. The van der Waals surface area contributed by atoms with Gasteiger partial charge < -0.3 is 9.13 Å². The van der Waals surface area contributed by atoms with Gasteiger partial charge in [-0.3, -0.25) is 4.57 Å². The van der Waals surface area contributed by atoms with Gasteiger partial charge in [-0.15, -0.1) is 0 Å². The molecule has 10 rings (SSSR count). The second kappa shape index (κ2) is 9.18. The summed E-state index contributed by atoms with van der Waals surface area (Å²) in [6.07, 6.45) is 0. The van der Waals surface area contributed by atoms with Crippen molar-refractivity contribution in [3.63, 3.8) is 0 Å². The van der Waals surface area contributed by atoms with Crippen molar-refractivity contribution in [3.8, 4) is 17.2 Å². The molecule has 45 heavy (non-hydrogen) atoms. The van der Waals surface area contributed by atoms with Gasteiger partial charge in [-0.2, -0.15) is 0 Å². The fourth-order valence-electron chi connectivity index (χ4n) is 6.99. The summed E-state index contributed by atoms with van der Waals surface area (Å²) in [5.74, 6) is 0.218. The zero-order chi connectivity index (χ0) is 34.7. The van der Waals surface area contributed by atoms with E-state index in [1.807, 2.05) is 120 Å². The van der Waals surface area contributed by atoms with Gasteiger partial charge in [-0.1, -0.05) is 97.0 Å². The van der Waals surface area contributed by atoms with Crippen molar-refractivity contribution in [1.82, 2.24) is 18.7 Å². The molecule has 10 aromatic rings. The van der Waals surface area contributed by atoms with Crippen LogP contribution in [0.4, 0.5) is 0 Å². The summed E-state index contributed by atoms with van der Waals surface area (Å²) in [6.45, 7) is 0. The molecule has 4 nitrogen and oxygen atoms in total. The maximum absolute atomic E-state index is 9.65. The highest BCUT2D eigenvalue weighted by Gasteiger charge is 2.21. The monoisotopic (exact) mass is 580 g/mol. The molecule has 0 radical (unpaired) electrons. The molecular formula is C41H26N4. The first-order valence-electron chi connectivity index (χ1n) is 17.8. The quantitative estimate of drug-likeness (QED) is 0.204. The lowest BCUT2D eigenvalue weighted by Crippen LogP contribution is -1.99. The van der Waals surface area contributed by atoms with Crippen LogP contribution in [0.5, 0.6) is 0 Å². The lowest BCUT2D eigenvalue weighted by molar-refractivity contribution is 1.10. The normalized spacial score (nSPS) is 13.9. The summed E-state index contributed by atoms with van der Waals surface area (Å²) in [5, 5.41) is 3.95. The summed E-state index contributed by atoms with van der Waals surface area (Å²) in [6, 6.07) is 38.2. The van der Waals surface area contributed by atoms with Crippen LogP contribution in [-0.2, 0) is 0 Å². The molecule has 0 saturated heterocycles. The molecule has 0 fully saturated rings. The van der Waals surface area contributed by atoms with E-state index in [1.165, 1.54) is 0 Å². The van der Waals surface area contributed by atoms with E-state index in [2.05, 4.69) is 10.6 Å². The molecule has 0 bridgehead atoms. The van der Waals surface area contributed by atoms with Gasteiger partial charge >= 0.3 is 0 Å².